The van der Waals surface area contributed by atoms with Crippen molar-refractivity contribution in [2.75, 3.05) is 31.9 Å². The third kappa shape index (κ3) is 4.27. The maximum absolute atomic E-state index is 13.2. The maximum Gasteiger partial charge on any atom is 0.332 e. The third-order valence-electron chi connectivity index (χ3n) is 4.80. The second kappa shape index (κ2) is 8.39. The molecule has 1 aromatic carbocycles. The zero-order valence-corrected chi connectivity index (χ0v) is 16.0. The largest absolute Gasteiger partial charge is 0.384 e. The first kappa shape index (κ1) is 20.5. The lowest BCUT2D eigenvalue weighted by molar-refractivity contribution is -0.123. The van der Waals surface area contributed by atoms with E-state index in [-0.39, 0.29) is 43.5 Å². The summed E-state index contributed by atoms with van der Waals surface area (Å²) < 4.78 is 15.2. The first-order valence-corrected chi connectivity index (χ1v) is 9.21. The van der Waals surface area contributed by atoms with Gasteiger partial charge in [0.15, 0.2) is 5.78 Å². The van der Waals surface area contributed by atoms with Gasteiger partial charge < -0.3 is 11.1 Å². The van der Waals surface area contributed by atoms with E-state index in [1.165, 1.54) is 24.3 Å². The summed E-state index contributed by atoms with van der Waals surface area (Å²) in [6, 6.07) is 5.49. The van der Waals surface area contributed by atoms with Crippen LogP contribution in [0.1, 0.15) is 22.8 Å². The first-order chi connectivity index (χ1) is 13.8. The van der Waals surface area contributed by atoms with Crippen LogP contribution in [0.2, 0.25) is 0 Å². The van der Waals surface area contributed by atoms with Gasteiger partial charge in [0.1, 0.15) is 17.2 Å². The summed E-state index contributed by atoms with van der Waals surface area (Å²) in [7, 11) is 0. The van der Waals surface area contributed by atoms with Gasteiger partial charge in [-0.05, 0) is 24.6 Å². The van der Waals surface area contributed by atoms with Gasteiger partial charge in [-0.2, -0.15) is 0 Å². The molecule has 0 unspecified atom stereocenters. The van der Waals surface area contributed by atoms with Crippen molar-refractivity contribution >= 4 is 17.5 Å². The van der Waals surface area contributed by atoms with Crippen LogP contribution < -0.4 is 22.3 Å². The van der Waals surface area contributed by atoms with E-state index in [0.717, 1.165) is 9.13 Å². The molecule has 3 N–H and O–H groups in total. The van der Waals surface area contributed by atoms with Crippen LogP contribution >= 0.6 is 0 Å². The summed E-state index contributed by atoms with van der Waals surface area (Å²) in [5.41, 5.74) is 4.99. The molecule has 1 saturated heterocycles. The molecule has 1 fully saturated rings. The number of carbonyl (C=O) groups is 2. The lowest BCUT2D eigenvalue weighted by atomic mass is 10.1. The summed E-state index contributed by atoms with van der Waals surface area (Å²) in [6.45, 7) is 2.42. The molecule has 29 heavy (non-hydrogen) atoms. The second-order valence-corrected chi connectivity index (χ2v) is 6.79. The van der Waals surface area contributed by atoms with Crippen molar-refractivity contribution < 1.29 is 14.0 Å². The van der Waals surface area contributed by atoms with Crippen LogP contribution in [0.25, 0.3) is 0 Å². The fourth-order valence-corrected chi connectivity index (χ4v) is 3.29. The molecule has 9 nitrogen and oxygen atoms in total. The normalized spacial score (nSPS) is 14.6. The van der Waals surface area contributed by atoms with Crippen LogP contribution in [0.3, 0.4) is 0 Å². The van der Waals surface area contributed by atoms with E-state index >= 15 is 0 Å². The van der Waals surface area contributed by atoms with E-state index in [1.807, 2.05) is 0 Å². The van der Waals surface area contributed by atoms with Gasteiger partial charge in [-0.25, -0.2) is 9.18 Å². The molecular formula is C19H22FN5O4. The topological polar surface area (TPSA) is 119 Å². The molecule has 0 atom stereocenters. The van der Waals surface area contributed by atoms with E-state index in [4.69, 9.17) is 5.73 Å². The van der Waals surface area contributed by atoms with Crippen LogP contribution in [0, 0.1) is 5.82 Å². The predicted octanol–water partition coefficient (Wildman–Crippen LogP) is -0.586. The zero-order valence-electron chi connectivity index (χ0n) is 16.0. The van der Waals surface area contributed by atoms with Crippen molar-refractivity contribution in [3.63, 3.8) is 0 Å². The van der Waals surface area contributed by atoms with Gasteiger partial charge in [-0.3, -0.25) is 28.4 Å². The van der Waals surface area contributed by atoms with E-state index in [0.29, 0.717) is 18.7 Å². The minimum atomic E-state index is -0.753. The Balaban J connectivity index is 2.01. The highest BCUT2D eigenvalue weighted by Gasteiger charge is 2.26. The number of nitrogen functional groups attached to an aromatic ring is 1. The molecule has 1 aromatic heterocycles. The van der Waals surface area contributed by atoms with Gasteiger partial charge in [0, 0.05) is 19.6 Å². The summed E-state index contributed by atoms with van der Waals surface area (Å²) in [5, 5.41) is 2.66. The molecule has 2 aromatic rings. The number of anilines is 1. The molecular weight excluding hydrogens is 381 g/mol. The standard InChI is InChI=1S/C19H22FN5O4/c1-2-24-18(28)16(14(26)10-23-8-7-22-15(27)11-23)17(21)25(19(24)29)9-12-3-5-13(20)6-4-12/h3-6H,2,7-11,21H2,1H3,(H,22,27). The van der Waals surface area contributed by atoms with Crippen LogP contribution in [0.4, 0.5) is 10.2 Å². The number of aromatic nitrogens is 2. The van der Waals surface area contributed by atoms with Gasteiger partial charge in [-0.1, -0.05) is 12.1 Å². The Morgan fingerprint density at radius 1 is 1.17 bits per heavy atom. The molecule has 1 aliphatic heterocycles. The van der Waals surface area contributed by atoms with Gasteiger partial charge in [0.2, 0.25) is 5.91 Å². The quantitative estimate of drug-likeness (QED) is 0.623. The lowest BCUT2D eigenvalue weighted by Gasteiger charge is -2.26. The maximum atomic E-state index is 13.2. The van der Waals surface area contributed by atoms with Crippen LogP contribution in [-0.4, -0.2) is 51.9 Å². The van der Waals surface area contributed by atoms with Crippen molar-refractivity contribution in [2.45, 2.75) is 20.0 Å². The minimum Gasteiger partial charge on any atom is -0.384 e. The Bertz CT molecular complexity index is 1060. The molecule has 0 saturated carbocycles. The molecule has 0 bridgehead atoms. The van der Waals surface area contributed by atoms with Gasteiger partial charge >= 0.3 is 5.69 Å². The fraction of sp³-hybridized carbons (Fsp3) is 0.368. The molecule has 10 heteroatoms. The summed E-state index contributed by atoms with van der Waals surface area (Å²) in [5.74, 6) is -1.42. The number of nitrogens with one attached hydrogen (secondary N) is 1. The molecule has 0 spiro atoms. The number of Topliss-reactive ketones (excluding diaryl/α,β-unsaturated/α-hetero) is 1. The van der Waals surface area contributed by atoms with Crippen molar-refractivity contribution in [2.24, 2.45) is 0 Å². The van der Waals surface area contributed by atoms with Crippen LogP contribution in [-0.2, 0) is 17.9 Å². The molecule has 1 aliphatic rings. The van der Waals surface area contributed by atoms with Crippen molar-refractivity contribution in [3.8, 4) is 0 Å². The SMILES string of the molecule is CCn1c(=O)c(C(=O)CN2CCNC(=O)C2)c(N)n(Cc2ccc(F)cc2)c1=O. The Kier molecular flexibility index (Phi) is 5.92. The highest BCUT2D eigenvalue weighted by molar-refractivity contribution is 6.01. The predicted molar refractivity (Wildman–Crippen MR) is 104 cm³/mol. The summed E-state index contributed by atoms with van der Waals surface area (Å²) in [4.78, 5) is 51.5. The monoisotopic (exact) mass is 403 g/mol. The number of amides is 1. The van der Waals surface area contributed by atoms with Gasteiger partial charge in [0.05, 0.1) is 19.6 Å². The number of hydrogen-bond acceptors (Lipinski definition) is 6. The average Bonchev–Trinajstić information content (AvgIpc) is 2.67. The molecule has 3 rings (SSSR count). The molecule has 154 valence electrons. The van der Waals surface area contributed by atoms with E-state index < -0.39 is 22.8 Å². The Morgan fingerprint density at radius 2 is 1.86 bits per heavy atom. The van der Waals surface area contributed by atoms with E-state index in [9.17, 15) is 23.6 Å². The fourth-order valence-electron chi connectivity index (χ4n) is 3.29. The second-order valence-electron chi connectivity index (χ2n) is 6.79. The number of ketones is 1. The van der Waals surface area contributed by atoms with Gasteiger partial charge in [0.25, 0.3) is 5.56 Å². The number of hydrogen-bond donors (Lipinski definition) is 2. The average molecular weight is 403 g/mol. The third-order valence-corrected chi connectivity index (χ3v) is 4.80. The van der Waals surface area contributed by atoms with E-state index in [1.54, 1.807) is 11.8 Å². The van der Waals surface area contributed by atoms with Crippen molar-refractivity contribution in [3.05, 3.63) is 62.0 Å². The number of nitrogens with zero attached hydrogens (tertiary/aromatic N) is 3. The Hall–Kier alpha value is -3.27. The van der Waals surface area contributed by atoms with Crippen LogP contribution in [0.15, 0.2) is 33.9 Å². The lowest BCUT2D eigenvalue weighted by Crippen LogP contribution is -2.50. The van der Waals surface area contributed by atoms with Crippen molar-refractivity contribution in [1.82, 2.24) is 19.4 Å². The summed E-state index contributed by atoms with van der Waals surface area (Å²) >= 11 is 0. The molecule has 0 aliphatic carbocycles. The first-order valence-electron chi connectivity index (χ1n) is 9.21. The number of halogens is 1. The number of carbonyl (C=O) groups excluding carboxylic acids is 2. The molecule has 0 radical (unpaired) electrons. The number of nitrogens with two attached hydrogens (primary N) is 1. The highest BCUT2D eigenvalue weighted by Crippen LogP contribution is 2.11. The number of benzene rings is 1. The zero-order chi connectivity index (χ0) is 21.1. The summed E-state index contributed by atoms with van der Waals surface area (Å²) in [6.07, 6.45) is 0. The molecule has 1 amide bonds. The van der Waals surface area contributed by atoms with Crippen LogP contribution in [0.5, 0.6) is 0 Å². The Morgan fingerprint density at radius 3 is 2.48 bits per heavy atom. The van der Waals surface area contributed by atoms with E-state index in [2.05, 4.69) is 5.32 Å². The number of piperazine rings is 1. The highest BCUT2D eigenvalue weighted by atomic mass is 19.1. The van der Waals surface area contributed by atoms with Gasteiger partial charge in [-0.15, -0.1) is 0 Å². The molecule has 2 heterocycles. The Labute approximate surface area is 165 Å². The number of rotatable bonds is 6. The minimum absolute atomic E-state index is 0.0162. The van der Waals surface area contributed by atoms with Crippen molar-refractivity contribution in [1.29, 1.82) is 0 Å². The smallest absolute Gasteiger partial charge is 0.332 e.